The molecule has 1 aromatic carbocycles. The largest absolute Gasteiger partial charge is 0.416 e. The first kappa shape index (κ1) is 13.8. The van der Waals surface area contributed by atoms with Crippen molar-refractivity contribution in [2.24, 2.45) is 0 Å². The van der Waals surface area contributed by atoms with Gasteiger partial charge in [-0.3, -0.25) is 0 Å². The molecule has 94 valence electrons. The van der Waals surface area contributed by atoms with E-state index in [2.05, 4.69) is 5.32 Å². The summed E-state index contributed by atoms with van der Waals surface area (Å²) < 4.78 is 37.9. The summed E-state index contributed by atoms with van der Waals surface area (Å²) in [5.74, 6) is 0. The number of halogens is 3. The number of benzene rings is 1. The lowest BCUT2D eigenvalue weighted by Gasteiger charge is -2.09. The molecule has 4 heteroatoms. The van der Waals surface area contributed by atoms with Crippen LogP contribution in [-0.2, 0) is 6.18 Å². The molecule has 0 aromatic heterocycles. The Balaban J connectivity index is 2.71. The SMILES string of the molecule is CCCNCC=Cc1ccccc1C(F)(F)F. The summed E-state index contributed by atoms with van der Waals surface area (Å²) in [6.45, 7) is 3.49. The topological polar surface area (TPSA) is 12.0 Å². The van der Waals surface area contributed by atoms with E-state index < -0.39 is 11.7 Å². The van der Waals surface area contributed by atoms with E-state index in [1.165, 1.54) is 18.2 Å². The summed E-state index contributed by atoms with van der Waals surface area (Å²) in [6.07, 6.45) is -0.0729. The van der Waals surface area contributed by atoms with Crippen molar-refractivity contribution < 1.29 is 13.2 Å². The van der Waals surface area contributed by atoms with Crippen molar-refractivity contribution in [1.82, 2.24) is 5.32 Å². The highest BCUT2D eigenvalue weighted by atomic mass is 19.4. The zero-order valence-corrected chi connectivity index (χ0v) is 9.72. The monoisotopic (exact) mass is 243 g/mol. The quantitative estimate of drug-likeness (QED) is 0.777. The van der Waals surface area contributed by atoms with Gasteiger partial charge in [0.1, 0.15) is 0 Å². The minimum absolute atomic E-state index is 0.207. The van der Waals surface area contributed by atoms with Gasteiger partial charge in [0.05, 0.1) is 5.56 Å². The minimum atomic E-state index is -4.29. The molecule has 1 rings (SSSR count). The predicted molar refractivity (Wildman–Crippen MR) is 63.6 cm³/mol. The van der Waals surface area contributed by atoms with E-state index in [9.17, 15) is 13.2 Å². The highest BCUT2D eigenvalue weighted by Crippen LogP contribution is 2.32. The first-order valence-electron chi connectivity index (χ1n) is 5.59. The number of alkyl halides is 3. The van der Waals surface area contributed by atoms with Crippen LogP contribution in [-0.4, -0.2) is 13.1 Å². The first-order chi connectivity index (χ1) is 8.05. The van der Waals surface area contributed by atoms with Gasteiger partial charge < -0.3 is 5.32 Å². The predicted octanol–water partition coefficient (Wildman–Crippen LogP) is 3.72. The molecule has 0 radical (unpaired) electrons. The fraction of sp³-hybridized carbons (Fsp3) is 0.385. The normalized spacial score (nSPS) is 12.2. The Bertz CT molecular complexity index is 369. The Kier molecular flexibility index (Phi) is 5.22. The van der Waals surface area contributed by atoms with Gasteiger partial charge in [-0.25, -0.2) is 0 Å². The van der Waals surface area contributed by atoms with E-state index in [0.29, 0.717) is 6.54 Å². The van der Waals surface area contributed by atoms with Crippen molar-refractivity contribution in [3.05, 3.63) is 41.5 Å². The maximum Gasteiger partial charge on any atom is 0.416 e. The van der Waals surface area contributed by atoms with Gasteiger partial charge in [-0.2, -0.15) is 13.2 Å². The molecule has 0 bridgehead atoms. The maximum atomic E-state index is 12.6. The standard InChI is InChI=1S/C13H16F3N/c1-2-9-17-10-5-7-11-6-3-4-8-12(11)13(14,15)16/h3-8,17H,2,9-10H2,1H3. The fourth-order valence-electron chi connectivity index (χ4n) is 1.45. The Morgan fingerprint density at radius 2 is 1.94 bits per heavy atom. The molecule has 0 atom stereocenters. The number of hydrogen-bond acceptors (Lipinski definition) is 1. The number of nitrogens with one attached hydrogen (secondary N) is 1. The summed E-state index contributed by atoms with van der Waals surface area (Å²) in [5, 5.41) is 3.10. The van der Waals surface area contributed by atoms with Crippen LogP contribution in [0.1, 0.15) is 24.5 Å². The van der Waals surface area contributed by atoms with Crippen LogP contribution in [0.25, 0.3) is 6.08 Å². The Morgan fingerprint density at radius 3 is 2.59 bits per heavy atom. The van der Waals surface area contributed by atoms with Crippen LogP contribution in [0.2, 0.25) is 0 Å². The molecular formula is C13H16F3N. The van der Waals surface area contributed by atoms with Crippen molar-refractivity contribution in [3.63, 3.8) is 0 Å². The second kappa shape index (κ2) is 6.45. The lowest BCUT2D eigenvalue weighted by molar-refractivity contribution is -0.137. The Labute approximate surface area is 99.3 Å². The van der Waals surface area contributed by atoms with Gasteiger partial charge in [-0.15, -0.1) is 0 Å². The van der Waals surface area contributed by atoms with E-state index in [4.69, 9.17) is 0 Å². The molecule has 17 heavy (non-hydrogen) atoms. The van der Waals surface area contributed by atoms with E-state index in [1.54, 1.807) is 12.1 Å². The first-order valence-corrected chi connectivity index (χ1v) is 5.59. The molecule has 0 unspecified atom stereocenters. The number of rotatable bonds is 5. The second-order valence-corrected chi connectivity index (χ2v) is 3.69. The zero-order valence-electron chi connectivity index (χ0n) is 9.72. The van der Waals surface area contributed by atoms with Gasteiger partial charge in [0.2, 0.25) is 0 Å². The number of hydrogen-bond donors (Lipinski definition) is 1. The van der Waals surface area contributed by atoms with Crippen LogP contribution >= 0.6 is 0 Å². The van der Waals surface area contributed by atoms with Crippen molar-refractivity contribution in [2.75, 3.05) is 13.1 Å². The minimum Gasteiger partial charge on any atom is -0.313 e. The molecule has 0 aliphatic heterocycles. The van der Waals surface area contributed by atoms with Gasteiger partial charge in [0.15, 0.2) is 0 Å². The third kappa shape index (κ3) is 4.61. The lowest BCUT2D eigenvalue weighted by atomic mass is 10.1. The third-order valence-electron chi connectivity index (χ3n) is 2.25. The zero-order chi connectivity index (χ0) is 12.7. The van der Waals surface area contributed by atoms with Gasteiger partial charge in [0, 0.05) is 6.54 Å². The molecule has 1 nitrogen and oxygen atoms in total. The summed E-state index contributed by atoms with van der Waals surface area (Å²) >= 11 is 0. The van der Waals surface area contributed by atoms with E-state index in [1.807, 2.05) is 6.92 Å². The fourth-order valence-corrected chi connectivity index (χ4v) is 1.45. The highest BCUT2D eigenvalue weighted by molar-refractivity contribution is 5.54. The Morgan fingerprint density at radius 1 is 1.24 bits per heavy atom. The van der Waals surface area contributed by atoms with Gasteiger partial charge in [0.25, 0.3) is 0 Å². The molecule has 1 aromatic rings. The maximum absolute atomic E-state index is 12.6. The van der Waals surface area contributed by atoms with Crippen LogP contribution in [0, 0.1) is 0 Å². The molecule has 0 spiro atoms. The molecule has 0 aliphatic carbocycles. The lowest BCUT2D eigenvalue weighted by Crippen LogP contribution is -2.13. The molecule has 0 aliphatic rings. The smallest absolute Gasteiger partial charge is 0.313 e. The van der Waals surface area contributed by atoms with Crippen molar-refractivity contribution >= 4 is 6.08 Å². The highest BCUT2D eigenvalue weighted by Gasteiger charge is 2.32. The Hall–Kier alpha value is -1.29. The summed E-state index contributed by atoms with van der Waals surface area (Å²) in [4.78, 5) is 0. The van der Waals surface area contributed by atoms with Gasteiger partial charge in [-0.05, 0) is 24.6 Å². The summed E-state index contributed by atoms with van der Waals surface area (Å²) in [7, 11) is 0. The van der Waals surface area contributed by atoms with Crippen molar-refractivity contribution in [3.8, 4) is 0 Å². The molecule has 0 fully saturated rings. The molecule has 1 N–H and O–H groups in total. The molecule has 0 saturated carbocycles. The molecule has 0 saturated heterocycles. The van der Waals surface area contributed by atoms with E-state index in [-0.39, 0.29) is 5.56 Å². The van der Waals surface area contributed by atoms with E-state index in [0.717, 1.165) is 19.0 Å². The van der Waals surface area contributed by atoms with Crippen LogP contribution in [0.5, 0.6) is 0 Å². The average molecular weight is 243 g/mol. The molecule has 0 heterocycles. The van der Waals surface area contributed by atoms with Crippen LogP contribution < -0.4 is 5.32 Å². The van der Waals surface area contributed by atoms with Crippen LogP contribution in [0.4, 0.5) is 13.2 Å². The molecule has 0 amide bonds. The second-order valence-electron chi connectivity index (χ2n) is 3.69. The van der Waals surface area contributed by atoms with Crippen molar-refractivity contribution in [2.45, 2.75) is 19.5 Å². The molecular weight excluding hydrogens is 227 g/mol. The third-order valence-corrected chi connectivity index (χ3v) is 2.25. The van der Waals surface area contributed by atoms with Gasteiger partial charge in [-0.1, -0.05) is 37.3 Å². The van der Waals surface area contributed by atoms with Crippen LogP contribution in [0.3, 0.4) is 0 Å². The van der Waals surface area contributed by atoms with Gasteiger partial charge >= 0.3 is 6.18 Å². The van der Waals surface area contributed by atoms with E-state index >= 15 is 0 Å². The van der Waals surface area contributed by atoms with Crippen molar-refractivity contribution in [1.29, 1.82) is 0 Å². The summed E-state index contributed by atoms with van der Waals surface area (Å²) in [6, 6.07) is 5.57. The average Bonchev–Trinajstić information content (AvgIpc) is 2.28. The van der Waals surface area contributed by atoms with Crippen LogP contribution in [0.15, 0.2) is 30.3 Å². The summed E-state index contributed by atoms with van der Waals surface area (Å²) in [5.41, 5.74) is -0.384.